The lowest BCUT2D eigenvalue weighted by molar-refractivity contribution is -0.114. The summed E-state index contributed by atoms with van der Waals surface area (Å²) in [5.74, 6) is -3.48. The van der Waals surface area contributed by atoms with Crippen LogP contribution in [-0.4, -0.2) is 82.2 Å². The van der Waals surface area contributed by atoms with E-state index >= 15 is 0 Å². The van der Waals surface area contributed by atoms with Crippen molar-refractivity contribution in [3.05, 3.63) is 42.2 Å². The van der Waals surface area contributed by atoms with Crippen molar-refractivity contribution in [2.45, 2.75) is 16.7 Å². The fourth-order valence-corrected chi connectivity index (χ4v) is 6.22. The Morgan fingerprint density at radius 2 is 1.60 bits per heavy atom. The van der Waals surface area contributed by atoms with Gasteiger partial charge in [-0.25, -0.2) is 8.39 Å². The Morgan fingerprint density at radius 1 is 0.952 bits per heavy atom. The number of hydrazone groups is 1. The van der Waals surface area contributed by atoms with E-state index in [9.17, 15) is 58.1 Å². The first-order chi connectivity index (χ1) is 19.1. The standard InChI is InChI=1S/C20H20N3O15S4/c1-10(24)21-15-8-13(40(29,30)31)6-11-7-17(41(32,33)34)19(20(26)18(11)15)23-22-14-3-2-12(9-16(14)25)39(27,28)5-4-38-42(35,36)37/h2-3,6-9,23,25-26H,4-5H2,1H3,(H,21,24)(H,29,30,31)(H,32,33,34)(H,35,36,37). The van der Waals surface area contributed by atoms with E-state index in [2.05, 4.69) is 20.0 Å². The number of nitrogens with zero attached hydrogens (tertiary/aromatic N) is 1. The zero-order valence-electron chi connectivity index (χ0n) is 20.8. The van der Waals surface area contributed by atoms with Crippen LogP contribution in [0.15, 0.2) is 57.1 Å². The highest BCUT2D eigenvalue weighted by molar-refractivity contribution is 7.97. The van der Waals surface area contributed by atoms with Crippen molar-refractivity contribution in [1.82, 2.24) is 0 Å². The summed E-state index contributed by atoms with van der Waals surface area (Å²) < 4.78 is 125. The van der Waals surface area contributed by atoms with E-state index < -0.39 is 102 Å². The van der Waals surface area contributed by atoms with Crippen molar-refractivity contribution in [2.75, 3.05) is 23.1 Å². The zero-order chi connectivity index (χ0) is 31.8. The average Bonchev–Trinajstić information content (AvgIpc) is 2.81. The molecule has 229 valence electrons. The summed E-state index contributed by atoms with van der Waals surface area (Å²) >= 11 is 0. The van der Waals surface area contributed by atoms with Gasteiger partial charge in [0.25, 0.3) is 20.2 Å². The van der Waals surface area contributed by atoms with Gasteiger partial charge in [0, 0.05) is 12.3 Å². The van der Waals surface area contributed by atoms with Crippen molar-refractivity contribution in [2.24, 2.45) is 5.10 Å². The number of carbonyl (C=O) groups is 1. The van der Waals surface area contributed by atoms with Crippen LogP contribution < -0.4 is 10.7 Å². The molecule has 18 nitrogen and oxygen atoms in total. The third-order valence-corrected chi connectivity index (χ3v) is 9.06. The van der Waals surface area contributed by atoms with Gasteiger partial charge in [-0.2, -0.15) is 30.4 Å². The number of hydrogen-bond acceptors (Lipinski definition) is 13. The van der Waals surface area contributed by atoms with Gasteiger partial charge < -0.3 is 15.5 Å². The fourth-order valence-electron chi connectivity index (χ4n) is 3.49. The highest BCUT2D eigenvalue weighted by Gasteiger charge is 2.26. The van der Waals surface area contributed by atoms with Gasteiger partial charge in [-0.3, -0.25) is 23.9 Å². The number of hydrogen-bond donors (Lipinski definition) is 7. The molecule has 0 aromatic heterocycles. The topological polar surface area (TPSA) is 303 Å². The van der Waals surface area contributed by atoms with Crippen LogP contribution in [0.1, 0.15) is 6.92 Å². The number of carbonyl (C=O) groups excluding carboxylic acids is 1. The predicted molar refractivity (Wildman–Crippen MR) is 147 cm³/mol. The number of phenolic OH excluding ortho intramolecular Hbond substituents is 1. The number of phenols is 1. The monoisotopic (exact) mass is 670 g/mol. The van der Waals surface area contributed by atoms with Crippen LogP contribution in [0.2, 0.25) is 0 Å². The predicted octanol–water partition coefficient (Wildman–Crippen LogP) is 0.399. The number of aromatic hydroxyl groups is 1. The Kier molecular flexibility index (Phi) is 9.07. The van der Waals surface area contributed by atoms with Crippen LogP contribution in [0, 0.1) is 0 Å². The number of aliphatic hydroxyl groups is 1. The number of rotatable bonds is 9. The molecule has 0 heterocycles. The molecule has 0 fully saturated rings. The molecule has 0 aliphatic heterocycles. The van der Waals surface area contributed by atoms with E-state index in [1.807, 2.05) is 0 Å². The Morgan fingerprint density at radius 3 is 2.12 bits per heavy atom. The molecule has 1 atom stereocenters. The second kappa shape index (κ2) is 11.6. The smallest absolute Gasteiger partial charge is 0.397 e. The van der Waals surface area contributed by atoms with E-state index in [4.69, 9.17) is 4.55 Å². The molecule has 1 radical (unpaired) electrons. The fraction of sp³-hybridized carbons (Fsp3) is 0.150. The lowest BCUT2D eigenvalue weighted by Crippen LogP contribution is -2.21. The first kappa shape index (κ1) is 32.9. The maximum absolute atomic E-state index is 12.4. The van der Waals surface area contributed by atoms with Crippen molar-refractivity contribution >= 4 is 79.1 Å². The minimum atomic E-state index is -5.19. The molecule has 7 N–H and O–H groups in total. The lowest BCUT2D eigenvalue weighted by atomic mass is 10.1. The van der Waals surface area contributed by atoms with Gasteiger partial charge in [0.1, 0.15) is 31.9 Å². The number of fused-ring (bicyclic) bond motifs is 1. The van der Waals surface area contributed by atoms with E-state index in [0.29, 0.717) is 12.1 Å². The second-order valence-corrected chi connectivity index (χ2v) is 14.3. The number of aliphatic hydroxyl groups excluding tert-OH is 1. The number of allylic oxidation sites excluding steroid dienone is 3. The first-order valence-electron chi connectivity index (χ1n) is 10.8. The van der Waals surface area contributed by atoms with E-state index in [-0.39, 0.29) is 10.8 Å². The number of anilines is 2. The van der Waals surface area contributed by atoms with E-state index in [0.717, 1.165) is 31.2 Å². The summed E-state index contributed by atoms with van der Waals surface area (Å²) in [6, 6.07) is 2.20. The average molecular weight is 671 g/mol. The van der Waals surface area contributed by atoms with Crippen molar-refractivity contribution in [3.63, 3.8) is 0 Å². The Bertz CT molecular complexity index is 2040. The molecule has 1 amide bonds. The molecule has 1 aliphatic carbocycles. The Balaban J connectivity index is 2.13. The van der Waals surface area contributed by atoms with Crippen molar-refractivity contribution in [3.8, 4) is 5.75 Å². The quantitative estimate of drug-likeness (QED) is 0.0822. The van der Waals surface area contributed by atoms with Gasteiger partial charge in [-0.15, -0.1) is 4.55 Å². The molecule has 1 unspecified atom stereocenters. The number of benzene rings is 2. The molecule has 0 spiro atoms. The summed E-state index contributed by atoms with van der Waals surface area (Å²) in [6.45, 7) is 0.0830. The van der Waals surface area contributed by atoms with Crippen LogP contribution in [0.5, 0.6) is 5.75 Å². The minimum absolute atomic E-state index is 0.361. The van der Waals surface area contributed by atoms with Gasteiger partial charge in [0.15, 0.2) is 5.75 Å². The largest absolute Gasteiger partial charge is 0.506 e. The zero-order valence-corrected chi connectivity index (χ0v) is 24.0. The van der Waals surface area contributed by atoms with Gasteiger partial charge in [-0.05, 0) is 41.8 Å². The number of nitrogens with one attached hydrogen (secondary N) is 2. The normalized spacial score (nSPS) is 16.7. The minimum Gasteiger partial charge on any atom is -0.506 e. The lowest BCUT2D eigenvalue weighted by Gasteiger charge is -2.16. The van der Waals surface area contributed by atoms with Crippen LogP contribution >= 0.6 is 0 Å². The molecule has 42 heavy (non-hydrogen) atoms. The molecule has 2 aromatic carbocycles. The highest BCUT2D eigenvalue weighted by atomic mass is 32.3. The Labute approximate surface area is 238 Å². The molecular formula is C20H20N3O15S4. The van der Waals surface area contributed by atoms with E-state index in [1.165, 1.54) is 0 Å². The molecule has 0 saturated carbocycles. The molecule has 2 aromatic rings. The number of amides is 1. The molecule has 22 heteroatoms. The molecule has 3 rings (SSSR count). The summed E-state index contributed by atoms with van der Waals surface area (Å²) in [5.41, 5.74) is 0.444. The molecule has 1 aliphatic rings. The highest BCUT2D eigenvalue weighted by Crippen LogP contribution is 2.43. The van der Waals surface area contributed by atoms with E-state index in [1.54, 1.807) is 0 Å². The van der Waals surface area contributed by atoms with Crippen molar-refractivity contribution < 1.29 is 66.9 Å². The maximum atomic E-state index is 12.4. The van der Waals surface area contributed by atoms with Crippen LogP contribution in [0.3, 0.4) is 0 Å². The summed E-state index contributed by atoms with van der Waals surface area (Å²) in [5, 5.41) is 26.4. The maximum Gasteiger partial charge on any atom is 0.397 e. The Hall–Kier alpha value is -3.61. The van der Waals surface area contributed by atoms with Gasteiger partial charge in [0.2, 0.25) is 5.91 Å². The van der Waals surface area contributed by atoms with Crippen LogP contribution in [0.25, 0.3) is 10.8 Å². The summed E-state index contributed by atoms with van der Waals surface area (Å²) in [6.07, 6.45) is 2.53. The SMILES string of the molecule is CC(=O)Nc1cc(S(=O)(=O)O)cc2cc(S(=O)(=O)O)c(NN=C3C=CC(=S([O])(=O)CCOS(=O)(=O)O)C=C3O)c(O)c12. The molecule has 0 saturated heterocycles. The van der Waals surface area contributed by atoms with Gasteiger partial charge in [-0.1, -0.05) is 0 Å². The van der Waals surface area contributed by atoms with Crippen LogP contribution in [0.4, 0.5) is 11.4 Å². The third kappa shape index (κ3) is 7.81. The summed E-state index contributed by atoms with van der Waals surface area (Å²) in [7, 11) is -19.2. The summed E-state index contributed by atoms with van der Waals surface area (Å²) in [4.78, 5) is 9.31. The van der Waals surface area contributed by atoms with Gasteiger partial charge >= 0.3 is 10.4 Å². The third-order valence-electron chi connectivity index (χ3n) is 5.21. The van der Waals surface area contributed by atoms with Gasteiger partial charge in [0.05, 0.1) is 27.8 Å². The second-order valence-electron chi connectivity index (χ2n) is 8.24. The van der Waals surface area contributed by atoms with Crippen molar-refractivity contribution in [1.29, 1.82) is 0 Å². The van der Waals surface area contributed by atoms with Crippen LogP contribution in [-0.2, 0) is 54.0 Å². The molecule has 0 bridgehead atoms. The molecular weight excluding hydrogens is 650 g/mol. The first-order valence-corrected chi connectivity index (χ1v) is 16.7.